The molecule has 0 saturated heterocycles. The lowest BCUT2D eigenvalue weighted by Gasteiger charge is -2.04. The van der Waals surface area contributed by atoms with E-state index in [-0.39, 0.29) is 11.6 Å². The standard InChI is InChI=1S/C13H11FO2S/c14-13-6-4-11(5-7-13)12-3-1-2-10(8-12)9-17(15)16/h1-8H,9H2,(H,15,16). The maximum absolute atomic E-state index is 12.8. The summed E-state index contributed by atoms with van der Waals surface area (Å²) in [5.74, 6) is -0.170. The summed E-state index contributed by atoms with van der Waals surface area (Å²) in [5, 5.41) is 0. The lowest BCUT2D eigenvalue weighted by atomic mass is 10.0. The van der Waals surface area contributed by atoms with Crippen LogP contribution in [0.4, 0.5) is 4.39 Å². The van der Waals surface area contributed by atoms with Crippen LogP contribution in [0.1, 0.15) is 5.56 Å². The summed E-state index contributed by atoms with van der Waals surface area (Å²) in [6, 6.07) is 13.5. The van der Waals surface area contributed by atoms with Crippen LogP contribution in [0.3, 0.4) is 0 Å². The molecule has 2 aromatic rings. The summed E-state index contributed by atoms with van der Waals surface area (Å²) in [6.07, 6.45) is 0. The first kappa shape index (κ1) is 12.0. The molecule has 0 aliphatic heterocycles. The van der Waals surface area contributed by atoms with Crippen LogP contribution in [0.25, 0.3) is 11.1 Å². The van der Waals surface area contributed by atoms with Crippen LogP contribution in [-0.2, 0) is 16.8 Å². The average molecular weight is 250 g/mol. The molecule has 2 aromatic carbocycles. The molecule has 1 atom stereocenters. The molecule has 0 aliphatic carbocycles. The maximum atomic E-state index is 12.8. The van der Waals surface area contributed by atoms with Crippen molar-refractivity contribution in [2.75, 3.05) is 0 Å². The summed E-state index contributed by atoms with van der Waals surface area (Å²) in [5.41, 5.74) is 2.58. The van der Waals surface area contributed by atoms with E-state index < -0.39 is 11.1 Å². The van der Waals surface area contributed by atoms with E-state index in [0.717, 1.165) is 16.7 Å². The van der Waals surface area contributed by atoms with Gasteiger partial charge in [-0.1, -0.05) is 36.4 Å². The molecule has 0 aliphatic rings. The third-order valence-electron chi connectivity index (χ3n) is 2.39. The van der Waals surface area contributed by atoms with Gasteiger partial charge in [0.15, 0.2) is 11.1 Å². The van der Waals surface area contributed by atoms with E-state index in [1.54, 1.807) is 18.2 Å². The highest BCUT2D eigenvalue weighted by atomic mass is 32.2. The minimum atomic E-state index is -1.84. The second kappa shape index (κ2) is 5.21. The van der Waals surface area contributed by atoms with Crippen LogP contribution in [0.5, 0.6) is 0 Å². The molecule has 2 nitrogen and oxygen atoms in total. The van der Waals surface area contributed by atoms with Gasteiger partial charge in [0.2, 0.25) is 0 Å². The van der Waals surface area contributed by atoms with Crippen LogP contribution >= 0.6 is 0 Å². The first-order valence-electron chi connectivity index (χ1n) is 5.07. The van der Waals surface area contributed by atoms with Gasteiger partial charge in [-0.25, -0.2) is 8.60 Å². The van der Waals surface area contributed by atoms with E-state index in [2.05, 4.69) is 0 Å². The molecular weight excluding hydrogens is 239 g/mol. The molecule has 1 N–H and O–H groups in total. The number of hydrogen-bond acceptors (Lipinski definition) is 1. The summed E-state index contributed by atoms with van der Waals surface area (Å²) in [7, 11) is 0. The minimum Gasteiger partial charge on any atom is -0.306 e. The Balaban J connectivity index is 2.32. The van der Waals surface area contributed by atoms with Crippen LogP contribution in [0.15, 0.2) is 48.5 Å². The Morgan fingerprint density at radius 2 is 1.76 bits per heavy atom. The molecule has 17 heavy (non-hydrogen) atoms. The van der Waals surface area contributed by atoms with Gasteiger partial charge < -0.3 is 4.55 Å². The predicted octanol–water partition coefficient (Wildman–Crippen LogP) is 3.21. The van der Waals surface area contributed by atoms with Crippen LogP contribution < -0.4 is 0 Å². The summed E-state index contributed by atoms with van der Waals surface area (Å²) in [4.78, 5) is 0. The van der Waals surface area contributed by atoms with Crippen molar-refractivity contribution < 1.29 is 13.2 Å². The number of rotatable bonds is 3. The van der Waals surface area contributed by atoms with Gasteiger partial charge >= 0.3 is 0 Å². The fourth-order valence-corrected chi connectivity index (χ4v) is 2.09. The first-order chi connectivity index (χ1) is 8.15. The van der Waals surface area contributed by atoms with Gasteiger partial charge in [-0.15, -0.1) is 0 Å². The minimum absolute atomic E-state index is 0.106. The van der Waals surface area contributed by atoms with E-state index in [4.69, 9.17) is 4.55 Å². The highest BCUT2D eigenvalue weighted by Crippen LogP contribution is 2.21. The van der Waals surface area contributed by atoms with E-state index >= 15 is 0 Å². The smallest absolute Gasteiger partial charge is 0.157 e. The van der Waals surface area contributed by atoms with Crippen molar-refractivity contribution in [1.82, 2.24) is 0 Å². The largest absolute Gasteiger partial charge is 0.306 e. The zero-order valence-corrected chi connectivity index (χ0v) is 9.78. The zero-order valence-electron chi connectivity index (χ0n) is 8.97. The van der Waals surface area contributed by atoms with E-state index in [1.165, 1.54) is 12.1 Å². The van der Waals surface area contributed by atoms with Crippen LogP contribution in [0, 0.1) is 5.82 Å². The molecule has 0 amide bonds. The van der Waals surface area contributed by atoms with E-state index in [1.807, 2.05) is 18.2 Å². The summed E-state index contributed by atoms with van der Waals surface area (Å²) >= 11 is -1.84. The Kier molecular flexibility index (Phi) is 3.66. The van der Waals surface area contributed by atoms with Crippen molar-refractivity contribution in [3.8, 4) is 11.1 Å². The van der Waals surface area contributed by atoms with Gasteiger partial charge in [0, 0.05) is 0 Å². The van der Waals surface area contributed by atoms with E-state index in [0.29, 0.717) is 0 Å². The maximum Gasteiger partial charge on any atom is 0.157 e. The number of hydrogen-bond donors (Lipinski definition) is 1. The molecule has 2 rings (SSSR count). The molecule has 0 radical (unpaired) electrons. The molecule has 0 saturated carbocycles. The monoisotopic (exact) mass is 250 g/mol. The van der Waals surface area contributed by atoms with E-state index in [9.17, 15) is 8.60 Å². The van der Waals surface area contributed by atoms with Gasteiger partial charge in [0.05, 0.1) is 5.75 Å². The van der Waals surface area contributed by atoms with Crippen molar-refractivity contribution in [1.29, 1.82) is 0 Å². The molecular formula is C13H11FO2S. The molecule has 0 fully saturated rings. The van der Waals surface area contributed by atoms with Crippen molar-refractivity contribution in [2.24, 2.45) is 0 Å². The molecule has 88 valence electrons. The average Bonchev–Trinajstić information content (AvgIpc) is 2.29. The molecule has 0 spiro atoms. The Morgan fingerprint density at radius 3 is 2.41 bits per heavy atom. The normalized spacial score (nSPS) is 12.4. The van der Waals surface area contributed by atoms with Gasteiger partial charge in [-0.2, -0.15) is 0 Å². The SMILES string of the molecule is O=S(O)Cc1cccc(-c2ccc(F)cc2)c1. The van der Waals surface area contributed by atoms with Gasteiger partial charge in [0.1, 0.15) is 5.82 Å². The molecule has 0 bridgehead atoms. The molecule has 4 heteroatoms. The Labute approximate surface area is 101 Å². The third kappa shape index (κ3) is 3.22. The second-order valence-corrected chi connectivity index (χ2v) is 4.60. The predicted molar refractivity (Wildman–Crippen MR) is 66.3 cm³/mol. The molecule has 0 heterocycles. The molecule has 0 aromatic heterocycles. The van der Waals surface area contributed by atoms with Crippen molar-refractivity contribution in [2.45, 2.75) is 5.75 Å². The first-order valence-corrected chi connectivity index (χ1v) is 6.35. The Morgan fingerprint density at radius 1 is 1.06 bits per heavy atom. The van der Waals surface area contributed by atoms with Crippen molar-refractivity contribution >= 4 is 11.1 Å². The lowest BCUT2D eigenvalue weighted by Crippen LogP contribution is -1.93. The topological polar surface area (TPSA) is 37.3 Å². The highest BCUT2D eigenvalue weighted by Gasteiger charge is 2.02. The van der Waals surface area contributed by atoms with Crippen LogP contribution in [-0.4, -0.2) is 8.76 Å². The Bertz CT molecular complexity index is 537. The van der Waals surface area contributed by atoms with Gasteiger partial charge in [-0.05, 0) is 28.8 Å². The quantitative estimate of drug-likeness (QED) is 0.849. The molecule has 1 unspecified atom stereocenters. The van der Waals surface area contributed by atoms with Crippen molar-refractivity contribution in [3.63, 3.8) is 0 Å². The summed E-state index contributed by atoms with van der Waals surface area (Å²) in [6.45, 7) is 0. The highest BCUT2D eigenvalue weighted by molar-refractivity contribution is 7.78. The van der Waals surface area contributed by atoms with Gasteiger partial charge in [-0.3, -0.25) is 0 Å². The second-order valence-electron chi connectivity index (χ2n) is 3.67. The lowest BCUT2D eigenvalue weighted by molar-refractivity contribution is 0.563. The third-order valence-corrected chi connectivity index (χ3v) is 2.97. The Hall–Kier alpha value is -1.52. The zero-order chi connectivity index (χ0) is 12.3. The number of halogens is 1. The van der Waals surface area contributed by atoms with Crippen molar-refractivity contribution in [3.05, 3.63) is 59.9 Å². The van der Waals surface area contributed by atoms with Gasteiger partial charge in [0.25, 0.3) is 0 Å². The fourth-order valence-electron chi connectivity index (χ4n) is 1.63. The summed E-state index contributed by atoms with van der Waals surface area (Å²) < 4.78 is 32.3. The fraction of sp³-hybridized carbons (Fsp3) is 0.0769. The number of benzene rings is 2. The van der Waals surface area contributed by atoms with Crippen LogP contribution in [0.2, 0.25) is 0 Å².